The van der Waals surface area contributed by atoms with Crippen molar-refractivity contribution in [3.63, 3.8) is 0 Å². The van der Waals surface area contributed by atoms with Gasteiger partial charge in [-0.1, -0.05) is 58.4 Å². The summed E-state index contributed by atoms with van der Waals surface area (Å²) in [5.41, 5.74) is 6.00. The summed E-state index contributed by atoms with van der Waals surface area (Å²) in [7, 11) is 0. The lowest BCUT2D eigenvalue weighted by molar-refractivity contribution is -0.114. The number of carbonyl (C=O) groups excluding carboxylic acids is 2. The van der Waals surface area contributed by atoms with Crippen LogP contribution in [0.1, 0.15) is 47.1 Å². The van der Waals surface area contributed by atoms with Crippen LogP contribution < -0.4 is 15.4 Å². The molecule has 43 heavy (non-hydrogen) atoms. The molecule has 5 rings (SSSR count). The van der Waals surface area contributed by atoms with Crippen molar-refractivity contribution >= 4 is 33.4 Å². The molecule has 0 saturated carbocycles. The summed E-state index contributed by atoms with van der Waals surface area (Å²) in [6, 6.07) is 30.8. The van der Waals surface area contributed by atoms with E-state index < -0.39 is 0 Å². The standard InChI is InChI=1S/C35H31BrFN3O3/c1-22-9-15-33(32-19-28(36)12-16-34(32)43-21-25-10-13-29(37)14-11-25)40(22)31-18-27(17-30(20-31)39-24(3)41)35(42)38-23(2)26-7-5-4-6-8-26/h4-20,23H,21H2,1-3H3,(H,38,42)(H,39,41)/t23-/m0/s1. The number of hydrogen-bond donors (Lipinski definition) is 2. The Hall–Kier alpha value is -4.69. The van der Waals surface area contributed by atoms with Crippen LogP contribution in [-0.4, -0.2) is 16.4 Å². The first-order valence-corrected chi connectivity index (χ1v) is 14.6. The van der Waals surface area contributed by atoms with Crippen molar-refractivity contribution in [1.29, 1.82) is 0 Å². The summed E-state index contributed by atoms with van der Waals surface area (Å²) in [4.78, 5) is 25.5. The van der Waals surface area contributed by atoms with Crippen LogP contribution in [0.4, 0.5) is 10.1 Å². The Morgan fingerprint density at radius 1 is 0.930 bits per heavy atom. The van der Waals surface area contributed by atoms with E-state index in [1.165, 1.54) is 19.1 Å². The molecule has 1 atom stereocenters. The zero-order chi connectivity index (χ0) is 30.5. The van der Waals surface area contributed by atoms with Gasteiger partial charge in [-0.3, -0.25) is 9.59 Å². The average Bonchev–Trinajstić information content (AvgIpc) is 3.38. The predicted octanol–water partition coefficient (Wildman–Crippen LogP) is 8.38. The van der Waals surface area contributed by atoms with Crippen molar-refractivity contribution in [2.45, 2.75) is 33.4 Å². The van der Waals surface area contributed by atoms with E-state index in [1.54, 1.807) is 18.2 Å². The van der Waals surface area contributed by atoms with Crippen LogP contribution in [0.25, 0.3) is 16.9 Å². The predicted molar refractivity (Wildman–Crippen MR) is 171 cm³/mol. The third kappa shape index (κ3) is 7.21. The van der Waals surface area contributed by atoms with Gasteiger partial charge in [-0.2, -0.15) is 0 Å². The lowest BCUT2D eigenvalue weighted by atomic mass is 10.1. The van der Waals surface area contributed by atoms with Gasteiger partial charge in [-0.15, -0.1) is 0 Å². The molecule has 2 amide bonds. The number of carbonyl (C=O) groups is 2. The van der Waals surface area contributed by atoms with E-state index in [-0.39, 0.29) is 30.3 Å². The highest BCUT2D eigenvalue weighted by atomic mass is 79.9. The zero-order valence-electron chi connectivity index (χ0n) is 24.0. The molecule has 0 bridgehead atoms. The zero-order valence-corrected chi connectivity index (χ0v) is 25.6. The number of anilines is 1. The fourth-order valence-electron chi connectivity index (χ4n) is 4.91. The fraction of sp³-hybridized carbons (Fsp3) is 0.143. The average molecular weight is 641 g/mol. The third-order valence-electron chi connectivity index (χ3n) is 7.01. The SMILES string of the molecule is CC(=O)Nc1cc(C(=O)N[C@@H](C)c2ccccc2)cc(-n2c(C)ccc2-c2cc(Br)ccc2OCc2ccc(F)cc2)c1. The van der Waals surface area contributed by atoms with Gasteiger partial charge in [0.2, 0.25) is 5.91 Å². The van der Waals surface area contributed by atoms with Crippen LogP contribution in [0.5, 0.6) is 5.75 Å². The number of amides is 2. The van der Waals surface area contributed by atoms with E-state index in [1.807, 2.05) is 91.2 Å². The number of aromatic nitrogens is 1. The molecule has 0 spiro atoms. The van der Waals surface area contributed by atoms with E-state index in [9.17, 15) is 14.0 Å². The molecule has 5 aromatic rings. The molecule has 6 nitrogen and oxygen atoms in total. The van der Waals surface area contributed by atoms with Crippen molar-refractivity contribution in [1.82, 2.24) is 9.88 Å². The van der Waals surface area contributed by atoms with Gasteiger partial charge in [0.05, 0.1) is 11.7 Å². The molecular weight excluding hydrogens is 609 g/mol. The normalized spacial score (nSPS) is 11.6. The summed E-state index contributed by atoms with van der Waals surface area (Å²) in [5.74, 6) is -0.166. The quantitative estimate of drug-likeness (QED) is 0.170. The minimum atomic E-state index is -0.301. The van der Waals surface area contributed by atoms with Gasteiger partial charge in [0.1, 0.15) is 18.2 Å². The lowest BCUT2D eigenvalue weighted by Gasteiger charge is -2.19. The van der Waals surface area contributed by atoms with Gasteiger partial charge in [0.15, 0.2) is 0 Å². The number of benzene rings is 4. The number of ether oxygens (including phenoxy) is 1. The largest absolute Gasteiger partial charge is 0.488 e. The molecule has 218 valence electrons. The van der Waals surface area contributed by atoms with E-state index >= 15 is 0 Å². The summed E-state index contributed by atoms with van der Waals surface area (Å²) < 4.78 is 22.5. The smallest absolute Gasteiger partial charge is 0.251 e. The van der Waals surface area contributed by atoms with E-state index in [0.29, 0.717) is 22.7 Å². The van der Waals surface area contributed by atoms with Gasteiger partial charge in [0.25, 0.3) is 5.91 Å². The maximum absolute atomic E-state index is 13.5. The molecule has 0 fully saturated rings. The molecular formula is C35H31BrFN3O3. The maximum Gasteiger partial charge on any atom is 0.251 e. The Kier molecular flexibility index (Phi) is 9.07. The molecule has 8 heteroatoms. The minimum Gasteiger partial charge on any atom is -0.488 e. The second-order valence-electron chi connectivity index (χ2n) is 10.3. The van der Waals surface area contributed by atoms with Crippen molar-refractivity contribution in [2.24, 2.45) is 0 Å². The summed E-state index contributed by atoms with van der Waals surface area (Å²) in [6.45, 7) is 5.60. The van der Waals surface area contributed by atoms with Gasteiger partial charge in [-0.05, 0) is 85.6 Å². The second kappa shape index (κ2) is 13.1. The molecule has 4 aromatic carbocycles. The van der Waals surface area contributed by atoms with Crippen LogP contribution >= 0.6 is 15.9 Å². The Balaban J connectivity index is 1.53. The van der Waals surface area contributed by atoms with Crippen LogP contribution in [-0.2, 0) is 11.4 Å². The van der Waals surface area contributed by atoms with Gasteiger partial charge in [0, 0.05) is 39.6 Å². The highest BCUT2D eigenvalue weighted by molar-refractivity contribution is 9.10. The fourth-order valence-corrected chi connectivity index (χ4v) is 5.27. The number of nitrogens with one attached hydrogen (secondary N) is 2. The highest BCUT2D eigenvalue weighted by Gasteiger charge is 2.19. The van der Waals surface area contributed by atoms with Gasteiger partial charge >= 0.3 is 0 Å². The van der Waals surface area contributed by atoms with Gasteiger partial charge < -0.3 is 19.9 Å². The first kappa shape index (κ1) is 29.8. The third-order valence-corrected chi connectivity index (χ3v) is 7.50. The number of rotatable bonds is 9. The molecule has 0 aliphatic heterocycles. The van der Waals surface area contributed by atoms with E-state index in [2.05, 4.69) is 26.6 Å². The molecule has 0 saturated heterocycles. The number of nitrogens with zero attached hydrogens (tertiary/aromatic N) is 1. The molecule has 1 aromatic heterocycles. The Morgan fingerprint density at radius 2 is 1.67 bits per heavy atom. The van der Waals surface area contributed by atoms with Crippen molar-refractivity contribution in [2.75, 3.05) is 5.32 Å². The summed E-state index contributed by atoms with van der Waals surface area (Å²) in [6.07, 6.45) is 0. The molecule has 0 unspecified atom stereocenters. The van der Waals surface area contributed by atoms with E-state index in [4.69, 9.17) is 4.74 Å². The Bertz CT molecular complexity index is 1770. The summed E-state index contributed by atoms with van der Waals surface area (Å²) in [5, 5.41) is 5.91. The number of aryl methyl sites for hydroxylation is 1. The molecule has 0 aliphatic rings. The molecule has 1 heterocycles. The van der Waals surface area contributed by atoms with Crippen LogP contribution in [0.3, 0.4) is 0 Å². The molecule has 2 N–H and O–H groups in total. The Morgan fingerprint density at radius 3 is 2.40 bits per heavy atom. The Labute approximate surface area is 258 Å². The van der Waals surface area contributed by atoms with E-state index in [0.717, 1.165) is 32.6 Å². The minimum absolute atomic E-state index is 0.215. The molecule has 0 aliphatic carbocycles. The maximum atomic E-state index is 13.5. The number of hydrogen-bond acceptors (Lipinski definition) is 3. The van der Waals surface area contributed by atoms with Gasteiger partial charge in [-0.25, -0.2) is 4.39 Å². The van der Waals surface area contributed by atoms with Crippen molar-refractivity contribution < 1.29 is 18.7 Å². The van der Waals surface area contributed by atoms with Crippen LogP contribution in [0.2, 0.25) is 0 Å². The second-order valence-corrected chi connectivity index (χ2v) is 11.2. The lowest BCUT2D eigenvalue weighted by Crippen LogP contribution is -2.27. The topological polar surface area (TPSA) is 72.4 Å². The molecule has 0 radical (unpaired) electrons. The first-order valence-electron chi connectivity index (χ1n) is 13.8. The van der Waals surface area contributed by atoms with Crippen molar-refractivity contribution in [3.05, 3.63) is 136 Å². The van der Waals surface area contributed by atoms with Crippen LogP contribution in [0.15, 0.2) is 108 Å². The highest BCUT2D eigenvalue weighted by Crippen LogP contribution is 2.37. The summed E-state index contributed by atoms with van der Waals surface area (Å²) >= 11 is 3.59. The first-order chi connectivity index (χ1) is 20.7. The number of halogens is 2. The van der Waals surface area contributed by atoms with Crippen molar-refractivity contribution in [3.8, 4) is 22.7 Å². The monoisotopic (exact) mass is 639 g/mol. The van der Waals surface area contributed by atoms with Crippen LogP contribution in [0, 0.1) is 12.7 Å².